The number of halogens is 1. The smallest absolute Gasteiger partial charge is 0.189 e. The summed E-state index contributed by atoms with van der Waals surface area (Å²) in [6, 6.07) is 4.16. The molecule has 1 fully saturated rings. The Balaban J connectivity index is 1.82. The third-order valence-corrected chi connectivity index (χ3v) is 3.63. The average molecular weight is 281 g/mol. The summed E-state index contributed by atoms with van der Waals surface area (Å²) in [7, 11) is 0. The van der Waals surface area contributed by atoms with Crippen LogP contribution in [0, 0.1) is 0 Å². The van der Waals surface area contributed by atoms with E-state index in [1.54, 1.807) is 6.20 Å². The quantitative estimate of drug-likeness (QED) is 0.508. The number of rotatable bonds is 3. The maximum absolute atomic E-state index is 5.92. The van der Waals surface area contributed by atoms with Crippen molar-refractivity contribution in [3.63, 3.8) is 0 Å². The zero-order valence-corrected chi connectivity index (χ0v) is 11.9. The molecule has 0 bridgehead atoms. The van der Waals surface area contributed by atoms with E-state index in [4.69, 9.17) is 17.3 Å². The highest BCUT2D eigenvalue weighted by Gasteiger charge is 2.12. The Labute approximate surface area is 119 Å². The number of nitrogens with one attached hydrogen (secondary N) is 1. The van der Waals surface area contributed by atoms with Gasteiger partial charge in [-0.05, 0) is 25.0 Å². The number of nitrogens with zero attached hydrogens (tertiary/aromatic N) is 2. The van der Waals surface area contributed by atoms with Gasteiger partial charge in [0.1, 0.15) is 0 Å². The van der Waals surface area contributed by atoms with E-state index in [1.165, 1.54) is 38.5 Å². The zero-order chi connectivity index (χ0) is 13.5. The van der Waals surface area contributed by atoms with Gasteiger partial charge in [-0.1, -0.05) is 37.3 Å². The normalized spacial score (nSPS) is 18.1. The Hall–Kier alpha value is -1.29. The largest absolute Gasteiger partial charge is 0.370 e. The van der Waals surface area contributed by atoms with E-state index in [0.717, 1.165) is 5.69 Å². The number of pyridine rings is 1. The van der Waals surface area contributed by atoms with Gasteiger partial charge in [0.2, 0.25) is 0 Å². The lowest BCUT2D eigenvalue weighted by molar-refractivity contribution is 0.530. The van der Waals surface area contributed by atoms with Gasteiger partial charge in [-0.3, -0.25) is 4.98 Å². The SMILES string of the molecule is NC(=NCc1ccc(Cl)cn1)NC1CCCCCC1. The highest BCUT2D eigenvalue weighted by molar-refractivity contribution is 6.30. The molecule has 2 rings (SSSR count). The molecule has 1 heterocycles. The van der Waals surface area contributed by atoms with Gasteiger partial charge in [-0.2, -0.15) is 0 Å². The van der Waals surface area contributed by atoms with Crippen LogP contribution in [0.5, 0.6) is 0 Å². The van der Waals surface area contributed by atoms with Crippen LogP contribution in [0.15, 0.2) is 23.3 Å². The van der Waals surface area contributed by atoms with E-state index in [2.05, 4.69) is 15.3 Å². The summed E-state index contributed by atoms with van der Waals surface area (Å²) in [6.45, 7) is 0.489. The molecular weight excluding hydrogens is 260 g/mol. The molecule has 3 N–H and O–H groups in total. The van der Waals surface area contributed by atoms with Crippen LogP contribution in [-0.2, 0) is 6.54 Å². The second-order valence-electron chi connectivity index (χ2n) is 5.00. The number of aliphatic imine (C=N–C) groups is 1. The van der Waals surface area contributed by atoms with Gasteiger partial charge in [0.15, 0.2) is 5.96 Å². The predicted molar refractivity (Wildman–Crippen MR) is 79.2 cm³/mol. The highest BCUT2D eigenvalue weighted by Crippen LogP contribution is 2.16. The summed E-state index contributed by atoms with van der Waals surface area (Å²) in [4.78, 5) is 8.52. The number of nitrogens with two attached hydrogens (primary N) is 1. The second-order valence-corrected chi connectivity index (χ2v) is 5.44. The van der Waals surface area contributed by atoms with E-state index in [9.17, 15) is 0 Å². The van der Waals surface area contributed by atoms with Crippen molar-refractivity contribution in [3.05, 3.63) is 29.0 Å². The summed E-state index contributed by atoms with van der Waals surface area (Å²) in [6.07, 6.45) is 9.24. The maximum atomic E-state index is 5.92. The van der Waals surface area contributed by atoms with Crippen molar-refractivity contribution in [2.75, 3.05) is 0 Å². The second kappa shape index (κ2) is 7.34. The summed E-state index contributed by atoms with van der Waals surface area (Å²) in [5.41, 5.74) is 6.79. The molecule has 1 saturated carbocycles. The molecule has 0 aliphatic heterocycles. The molecule has 0 saturated heterocycles. The summed E-state index contributed by atoms with van der Waals surface area (Å²) >= 11 is 5.78. The lowest BCUT2D eigenvalue weighted by Gasteiger charge is -2.16. The molecule has 0 radical (unpaired) electrons. The lowest BCUT2D eigenvalue weighted by atomic mass is 10.1. The molecule has 19 heavy (non-hydrogen) atoms. The zero-order valence-electron chi connectivity index (χ0n) is 11.1. The highest BCUT2D eigenvalue weighted by atomic mass is 35.5. The standard InChI is InChI=1S/C14H21ClN4/c15-11-7-8-13(17-9-11)10-18-14(16)19-12-5-3-1-2-4-6-12/h7-9,12H,1-6,10H2,(H3,16,18,19). The van der Waals surface area contributed by atoms with Crippen molar-refractivity contribution in [2.24, 2.45) is 10.7 Å². The van der Waals surface area contributed by atoms with E-state index < -0.39 is 0 Å². The molecule has 4 nitrogen and oxygen atoms in total. The lowest BCUT2D eigenvalue weighted by Crippen LogP contribution is -2.39. The molecule has 0 spiro atoms. The minimum atomic E-state index is 0.476. The van der Waals surface area contributed by atoms with Crippen LogP contribution in [0.25, 0.3) is 0 Å². The first-order chi connectivity index (χ1) is 9.24. The fraction of sp³-hybridized carbons (Fsp3) is 0.571. The minimum Gasteiger partial charge on any atom is -0.370 e. The fourth-order valence-corrected chi connectivity index (χ4v) is 2.46. The first-order valence-electron chi connectivity index (χ1n) is 6.91. The molecule has 1 aliphatic rings. The van der Waals surface area contributed by atoms with Crippen LogP contribution >= 0.6 is 11.6 Å². The monoisotopic (exact) mass is 280 g/mol. The van der Waals surface area contributed by atoms with Gasteiger partial charge in [-0.25, -0.2) is 4.99 Å². The topological polar surface area (TPSA) is 63.3 Å². The van der Waals surface area contributed by atoms with Gasteiger partial charge >= 0.3 is 0 Å². The minimum absolute atomic E-state index is 0.476. The van der Waals surface area contributed by atoms with Crippen LogP contribution < -0.4 is 11.1 Å². The van der Waals surface area contributed by atoms with Gasteiger partial charge < -0.3 is 11.1 Å². The van der Waals surface area contributed by atoms with E-state index in [0.29, 0.717) is 23.6 Å². The number of aromatic nitrogens is 1. The number of hydrogen-bond donors (Lipinski definition) is 2. The Morgan fingerprint density at radius 1 is 1.32 bits per heavy atom. The molecule has 0 atom stereocenters. The van der Waals surface area contributed by atoms with Gasteiger partial charge in [0.05, 0.1) is 17.3 Å². The average Bonchev–Trinajstić information content (AvgIpc) is 2.67. The molecule has 0 aromatic carbocycles. The summed E-state index contributed by atoms with van der Waals surface area (Å²) < 4.78 is 0. The van der Waals surface area contributed by atoms with Crippen molar-refractivity contribution in [3.8, 4) is 0 Å². The van der Waals surface area contributed by atoms with Crippen molar-refractivity contribution in [2.45, 2.75) is 51.1 Å². The van der Waals surface area contributed by atoms with E-state index in [-0.39, 0.29) is 0 Å². The Bertz CT molecular complexity index is 408. The Morgan fingerprint density at radius 2 is 2.05 bits per heavy atom. The van der Waals surface area contributed by atoms with Crippen LogP contribution in [0.4, 0.5) is 0 Å². The number of hydrogen-bond acceptors (Lipinski definition) is 2. The molecule has 1 aliphatic carbocycles. The van der Waals surface area contributed by atoms with Gasteiger partial charge in [0.25, 0.3) is 0 Å². The Kier molecular flexibility index (Phi) is 5.45. The van der Waals surface area contributed by atoms with E-state index in [1.807, 2.05) is 12.1 Å². The van der Waals surface area contributed by atoms with Crippen LogP contribution in [0.3, 0.4) is 0 Å². The summed E-state index contributed by atoms with van der Waals surface area (Å²) in [5.74, 6) is 0.517. The maximum Gasteiger partial charge on any atom is 0.189 e. The van der Waals surface area contributed by atoms with Crippen molar-refractivity contribution < 1.29 is 0 Å². The van der Waals surface area contributed by atoms with Crippen LogP contribution in [-0.4, -0.2) is 17.0 Å². The molecule has 5 heteroatoms. The molecule has 1 aromatic heterocycles. The summed E-state index contributed by atoms with van der Waals surface area (Å²) in [5, 5.41) is 3.95. The molecule has 1 aromatic rings. The van der Waals surface area contributed by atoms with Gasteiger partial charge in [0, 0.05) is 12.2 Å². The Morgan fingerprint density at radius 3 is 2.68 bits per heavy atom. The molecule has 0 unspecified atom stereocenters. The van der Waals surface area contributed by atoms with E-state index >= 15 is 0 Å². The first-order valence-corrected chi connectivity index (χ1v) is 7.29. The molecule has 104 valence electrons. The van der Waals surface area contributed by atoms with Crippen molar-refractivity contribution in [1.29, 1.82) is 0 Å². The van der Waals surface area contributed by atoms with Crippen molar-refractivity contribution in [1.82, 2.24) is 10.3 Å². The predicted octanol–water partition coefficient (Wildman–Crippen LogP) is 2.86. The molecule has 0 amide bonds. The molecular formula is C14H21ClN4. The third kappa shape index (κ3) is 5.07. The first kappa shape index (κ1) is 14.1. The third-order valence-electron chi connectivity index (χ3n) is 3.41. The van der Waals surface area contributed by atoms with Gasteiger partial charge in [-0.15, -0.1) is 0 Å². The fourth-order valence-electron chi connectivity index (χ4n) is 2.34. The van der Waals surface area contributed by atoms with Crippen LogP contribution in [0.1, 0.15) is 44.2 Å². The van der Waals surface area contributed by atoms with Crippen LogP contribution in [0.2, 0.25) is 5.02 Å². The number of guanidine groups is 1. The van der Waals surface area contributed by atoms with Crippen molar-refractivity contribution >= 4 is 17.6 Å².